The van der Waals surface area contributed by atoms with Gasteiger partial charge in [-0.1, -0.05) is 30.3 Å². The van der Waals surface area contributed by atoms with Gasteiger partial charge in [-0.3, -0.25) is 4.79 Å². The molecule has 0 bridgehead atoms. The Bertz CT molecular complexity index is 934. The zero-order chi connectivity index (χ0) is 22.6. The maximum Gasteiger partial charge on any atom is 0.416 e. The van der Waals surface area contributed by atoms with Crippen LogP contribution in [0.25, 0.3) is 0 Å². The average Bonchev–Trinajstić information content (AvgIpc) is 2.72. The number of halogens is 3. The second kappa shape index (κ2) is 9.28. The van der Waals surface area contributed by atoms with Gasteiger partial charge in [0.15, 0.2) is 6.61 Å². The van der Waals surface area contributed by atoms with Crippen molar-refractivity contribution in [3.05, 3.63) is 59.7 Å². The van der Waals surface area contributed by atoms with Crippen LogP contribution in [0.2, 0.25) is 0 Å². The molecule has 2 aromatic rings. The van der Waals surface area contributed by atoms with Crippen molar-refractivity contribution >= 4 is 17.6 Å². The van der Waals surface area contributed by atoms with Crippen LogP contribution in [0, 0.1) is 0 Å². The number of carboxylic acid groups (broad SMARTS) is 1. The second-order valence-electron chi connectivity index (χ2n) is 7.41. The van der Waals surface area contributed by atoms with Crippen molar-refractivity contribution in [2.24, 2.45) is 0 Å². The Morgan fingerprint density at radius 1 is 1.13 bits per heavy atom. The molecule has 1 saturated heterocycles. The van der Waals surface area contributed by atoms with E-state index >= 15 is 0 Å². The molecule has 9 heteroatoms. The predicted molar refractivity (Wildman–Crippen MR) is 108 cm³/mol. The first-order valence-corrected chi connectivity index (χ1v) is 9.79. The van der Waals surface area contributed by atoms with E-state index in [0.29, 0.717) is 19.6 Å². The molecule has 1 aliphatic rings. The summed E-state index contributed by atoms with van der Waals surface area (Å²) in [7, 11) is 0. The van der Waals surface area contributed by atoms with E-state index < -0.39 is 24.3 Å². The summed E-state index contributed by atoms with van der Waals surface area (Å²) in [5, 5.41) is 8.86. The fraction of sp³-hybridized carbons (Fsp3) is 0.364. The summed E-state index contributed by atoms with van der Waals surface area (Å²) in [6, 6.07) is 12.0. The van der Waals surface area contributed by atoms with Crippen molar-refractivity contribution < 1.29 is 32.6 Å². The fourth-order valence-corrected chi connectivity index (χ4v) is 3.62. The summed E-state index contributed by atoms with van der Waals surface area (Å²) in [5.74, 6) is -1.22. The highest BCUT2D eigenvalue weighted by Gasteiger charge is 2.34. The maximum atomic E-state index is 13.2. The second-order valence-corrected chi connectivity index (χ2v) is 7.41. The number of carbonyl (C=O) groups is 2. The molecule has 1 fully saturated rings. The molecule has 0 spiro atoms. The van der Waals surface area contributed by atoms with E-state index in [-0.39, 0.29) is 29.8 Å². The van der Waals surface area contributed by atoms with Crippen LogP contribution >= 0.6 is 0 Å². The van der Waals surface area contributed by atoms with Crippen LogP contribution in [0.4, 0.5) is 18.9 Å². The quantitative estimate of drug-likeness (QED) is 0.751. The van der Waals surface area contributed by atoms with Gasteiger partial charge < -0.3 is 19.6 Å². The summed E-state index contributed by atoms with van der Waals surface area (Å²) in [6.45, 7) is 2.10. The molecule has 1 aliphatic heterocycles. The number of aliphatic carboxylic acids is 1. The first-order chi connectivity index (χ1) is 14.6. The molecule has 166 valence electrons. The minimum atomic E-state index is -4.54. The molecular formula is C22H23F3N2O4. The third kappa shape index (κ3) is 5.68. The lowest BCUT2D eigenvalue weighted by molar-refractivity contribution is -0.140. The van der Waals surface area contributed by atoms with Crippen LogP contribution in [0.3, 0.4) is 0 Å². The van der Waals surface area contributed by atoms with Gasteiger partial charge >= 0.3 is 12.1 Å². The highest BCUT2D eigenvalue weighted by Crippen LogP contribution is 2.37. The largest absolute Gasteiger partial charge is 0.480 e. The maximum absolute atomic E-state index is 13.2. The lowest BCUT2D eigenvalue weighted by atomic mass is 10.1. The molecular weight excluding hydrogens is 413 g/mol. The lowest BCUT2D eigenvalue weighted by Crippen LogP contribution is -2.54. The van der Waals surface area contributed by atoms with Gasteiger partial charge in [0.05, 0.1) is 17.7 Å². The van der Waals surface area contributed by atoms with Crippen LogP contribution in [-0.4, -0.2) is 54.2 Å². The number of nitrogens with zero attached hydrogens (tertiary/aromatic N) is 2. The van der Waals surface area contributed by atoms with E-state index in [1.54, 1.807) is 9.80 Å². The van der Waals surface area contributed by atoms with Crippen molar-refractivity contribution in [3.63, 3.8) is 0 Å². The SMILES string of the molecule is C[C@H]1CN(c2cc(C(F)(F)F)ccc2OCC(=O)O)CCN1C(=O)Cc1ccccc1. The molecule has 1 N–H and O–H groups in total. The number of amides is 1. The van der Waals surface area contributed by atoms with Crippen LogP contribution in [-0.2, 0) is 22.2 Å². The van der Waals surface area contributed by atoms with Crippen LogP contribution in [0.1, 0.15) is 18.1 Å². The number of anilines is 1. The molecule has 0 saturated carbocycles. The zero-order valence-corrected chi connectivity index (χ0v) is 16.9. The number of ether oxygens (including phenoxy) is 1. The molecule has 0 unspecified atom stereocenters. The van der Waals surface area contributed by atoms with E-state index in [0.717, 1.165) is 23.8 Å². The van der Waals surface area contributed by atoms with E-state index in [2.05, 4.69) is 0 Å². The Morgan fingerprint density at radius 3 is 2.45 bits per heavy atom. The molecule has 1 amide bonds. The van der Waals surface area contributed by atoms with E-state index in [9.17, 15) is 22.8 Å². The molecule has 0 aromatic heterocycles. The van der Waals surface area contributed by atoms with E-state index in [4.69, 9.17) is 9.84 Å². The number of carbonyl (C=O) groups excluding carboxylic acids is 1. The number of carboxylic acids is 1. The van der Waals surface area contributed by atoms with Gasteiger partial charge in [0.2, 0.25) is 5.91 Å². The Hall–Kier alpha value is -3.23. The number of benzene rings is 2. The summed E-state index contributed by atoms with van der Waals surface area (Å²) >= 11 is 0. The highest BCUT2D eigenvalue weighted by molar-refractivity contribution is 5.79. The predicted octanol–water partition coefficient (Wildman–Crippen LogP) is 3.45. The van der Waals surface area contributed by atoms with Gasteiger partial charge in [0.1, 0.15) is 5.75 Å². The van der Waals surface area contributed by atoms with Gasteiger partial charge in [-0.25, -0.2) is 4.79 Å². The number of rotatable bonds is 6. The molecule has 1 atom stereocenters. The Balaban J connectivity index is 1.77. The molecule has 0 aliphatic carbocycles. The van der Waals surface area contributed by atoms with Crippen LogP contribution < -0.4 is 9.64 Å². The van der Waals surface area contributed by atoms with Crippen molar-refractivity contribution in [1.29, 1.82) is 0 Å². The first kappa shape index (κ1) is 22.5. The smallest absolute Gasteiger partial charge is 0.416 e. The highest BCUT2D eigenvalue weighted by atomic mass is 19.4. The standard InChI is InChI=1S/C22H23F3N2O4/c1-15-13-26(9-10-27(15)20(28)11-16-5-3-2-4-6-16)18-12-17(22(23,24)25)7-8-19(18)31-14-21(29)30/h2-8,12,15H,9-11,13-14H2,1H3,(H,29,30)/t15-/m0/s1. The van der Waals surface area contributed by atoms with Crippen molar-refractivity contribution in [2.75, 3.05) is 31.1 Å². The minimum Gasteiger partial charge on any atom is -0.480 e. The normalized spacial score (nSPS) is 16.8. The molecule has 6 nitrogen and oxygen atoms in total. The monoisotopic (exact) mass is 436 g/mol. The van der Waals surface area contributed by atoms with Gasteiger partial charge in [-0.2, -0.15) is 13.2 Å². The minimum absolute atomic E-state index is 0.0512. The van der Waals surface area contributed by atoms with E-state index in [1.165, 1.54) is 0 Å². The van der Waals surface area contributed by atoms with Crippen molar-refractivity contribution in [2.45, 2.75) is 25.6 Å². The molecule has 2 aromatic carbocycles. The summed E-state index contributed by atoms with van der Waals surface area (Å²) in [6.07, 6.45) is -4.29. The Labute approximate surface area is 177 Å². The lowest BCUT2D eigenvalue weighted by Gasteiger charge is -2.41. The van der Waals surface area contributed by atoms with Gasteiger partial charge in [-0.15, -0.1) is 0 Å². The van der Waals surface area contributed by atoms with E-state index in [1.807, 2.05) is 37.3 Å². The third-order valence-corrected chi connectivity index (χ3v) is 5.12. The summed E-state index contributed by atoms with van der Waals surface area (Å²) in [5.41, 5.74) is 0.211. The number of piperazine rings is 1. The average molecular weight is 436 g/mol. The first-order valence-electron chi connectivity index (χ1n) is 9.79. The summed E-state index contributed by atoms with van der Waals surface area (Å²) < 4.78 is 44.9. The Kier molecular flexibility index (Phi) is 6.72. The van der Waals surface area contributed by atoms with Gasteiger partial charge in [-0.05, 0) is 30.7 Å². The van der Waals surface area contributed by atoms with Gasteiger partial charge in [0.25, 0.3) is 0 Å². The zero-order valence-electron chi connectivity index (χ0n) is 16.9. The van der Waals surface area contributed by atoms with Crippen LogP contribution in [0.15, 0.2) is 48.5 Å². The van der Waals surface area contributed by atoms with Crippen molar-refractivity contribution in [1.82, 2.24) is 4.90 Å². The molecule has 31 heavy (non-hydrogen) atoms. The van der Waals surface area contributed by atoms with Crippen LogP contribution in [0.5, 0.6) is 5.75 Å². The number of hydrogen-bond acceptors (Lipinski definition) is 4. The number of hydrogen-bond donors (Lipinski definition) is 1. The molecule has 0 radical (unpaired) electrons. The summed E-state index contributed by atoms with van der Waals surface area (Å²) in [4.78, 5) is 27.0. The topological polar surface area (TPSA) is 70.1 Å². The van der Waals surface area contributed by atoms with Gasteiger partial charge in [0, 0.05) is 25.7 Å². The Morgan fingerprint density at radius 2 is 1.84 bits per heavy atom. The third-order valence-electron chi connectivity index (χ3n) is 5.12. The molecule has 1 heterocycles. The fourth-order valence-electron chi connectivity index (χ4n) is 3.62. The number of alkyl halides is 3. The van der Waals surface area contributed by atoms with Crippen molar-refractivity contribution in [3.8, 4) is 5.75 Å². The molecule has 3 rings (SSSR count).